The molecule has 36 heavy (non-hydrogen) atoms. The Morgan fingerprint density at radius 1 is 1.33 bits per heavy atom. The molecule has 0 amide bonds. The van der Waals surface area contributed by atoms with E-state index < -0.39 is 10.3 Å². The Morgan fingerprint density at radius 3 is 3.03 bits per heavy atom. The fourth-order valence-corrected chi connectivity index (χ4v) is 5.95. The van der Waals surface area contributed by atoms with Gasteiger partial charge in [0.25, 0.3) is 0 Å². The lowest BCUT2D eigenvalue weighted by molar-refractivity contribution is 0.0663. The highest BCUT2D eigenvalue weighted by atomic mass is 32.2. The number of aliphatic imine (C=N–C) groups is 1. The van der Waals surface area contributed by atoms with E-state index in [2.05, 4.69) is 26.0 Å². The highest BCUT2D eigenvalue weighted by Crippen LogP contribution is 2.37. The van der Waals surface area contributed by atoms with Gasteiger partial charge < -0.3 is 4.74 Å². The summed E-state index contributed by atoms with van der Waals surface area (Å²) in [7, 11) is -3.98. The third-order valence-corrected chi connectivity index (χ3v) is 7.86. The number of ether oxygens (including phenoxy) is 1. The summed E-state index contributed by atoms with van der Waals surface area (Å²) in [6, 6.07) is 5.86. The number of thiophene rings is 1. The van der Waals surface area contributed by atoms with Crippen LogP contribution in [0.2, 0.25) is 0 Å². The molecule has 2 N–H and O–H groups in total. The van der Waals surface area contributed by atoms with E-state index in [4.69, 9.17) is 14.1 Å². The van der Waals surface area contributed by atoms with Gasteiger partial charge in [0, 0.05) is 28.5 Å². The zero-order valence-electron chi connectivity index (χ0n) is 19.6. The molecule has 1 fully saturated rings. The maximum Gasteiger partial charge on any atom is 0.333 e. The molecular formula is C24H25N5O5S2. The zero-order chi connectivity index (χ0) is 25.3. The Bertz CT molecular complexity index is 1440. The summed E-state index contributed by atoms with van der Waals surface area (Å²) in [4.78, 5) is 32.5. The maximum absolute atomic E-state index is 13.5. The Kier molecular flexibility index (Phi) is 7.04. The molecule has 0 aromatic carbocycles. The molecule has 3 aromatic heterocycles. The van der Waals surface area contributed by atoms with Crippen LogP contribution in [-0.4, -0.2) is 48.1 Å². The van der Waals surface area contributed by atoms with Crippen molar-refractivity contribution in [3.63, 3.8) is 0 Å². The van der Waals surface area contributed by atoms with Gasteiger partial charge in [0.1, 0.15) is 12.4 Å². The number of rotatable bonds is 7. The summed E-state index contributed by atoms with van der Waals surface area (Å²) in [6.45, 7) is 2.58. The highest BCUT2D eigenvalue weighted by molar-refractivity contribution is 7.84. The van der Waals surface area contributed by atoms with E-state index in [0.717, 1.165) is 33.8 Å². The Labute approximate surface area is 212 Å². The summed E-state index contributed by atoms with van der Waals surface area (Å²) in [5, 5.41) is 4.92. The molecule has 2 atom stereocenters. The smallest absolute Gasteiger partial charge is 0.333 e. The zero-order valence-corrected chi connectivity index (χ0v) is 21.2. The van der Waals surface area contributed by atoms with Crippen LogP contribution in [0.1, 0.15) is 62.3 Å². The molecule has 1 unspecified atom stereocenters. The van der Waals surface area contributed by atoms with Crippen molar-refractivity contribution < 1.29 is 22.1 Å². The molecule has 0 spiro atoms. The second-order valence-corrected chi connectivity index (χ2v) is 11.3. The first-order chi connectivity index (χ1) is 17.3. The number of nitrogens with two attached hydrogens (primary N) is 1. The van der Waals surface area contributed by atoms with Crippen LogP contribution in [0.5, 0.6) is 0 Å². The first kappa shape index (κ1) is 24.8. The summed E-state index contributed by atoms with van der Waals surface area (Å²) in [6.07, 6.45) is 7.02. The van der Waals surface area contributed by atoms with E-state index in [-0.39, 0.29) is 24.4 Å². The lowest BCUT2D eigenvalue weighted by Crippen LogP contribution is -2.19. The normalized spacial score (nSPS) is 21.0. The fourth-order valence-electron chi connectivity index (χ4n) is 4.57. The molecule has 10 nitrogen and oxygen atoms in total. The Morgan fingerprint density at radius 2 is 2.19 bits per heavy atom. The van der Waals surface area contributed by atoms with Crippen LogP contribution >= 0.6 is 11.3 Å². The Balaban J connectivity index is 1.38. The van der Waals surface area contributed by atoms with Crippen LogP contribution in [0, 0.1) is 12.8 Å². The molecule has 0 bridgehead atoms. The van der Waals surface area contributed by atoms with Gasteiger partial charge in [-0.3, -0.25) is 14.0 Å². The summed E-state index contributed by atoms with van der Waals surface area (Å²) >= 11 is 1.40. The fraction of sp³-hybridized carbons (Fsp3) is 0.375. The third-order valence-electron chi connectivity index (χ3n) is 6.33. The average Bonchev–Trinajstić information content (AvgIpc) is 3.48. The van der Waals surface area contributed by atoms with Gasteiger partial charge in [-0.05, 0) is 56.2 Å². The van der Waals surface area contributed by atoms with Crippen molar-refractivity contribution in [1.29, 1.82) is 0 Å². The lowest BCUT2D eigenvalue weighted by Gasteiger charge is -2.25. The number of nitrogens with zero attached hydrogens (tertiary/aromatic N) is 4. The predicted octanol–water partition coefficient (Wildman–Crippen LogP) is 3.23. The van der Waals surface area contributed by atoms with Crippen molar-refractivity contribution in [3.05, 3.63) is 69.1 Å². The molecule has 188 valence electrons. The summed E-state index contributed by atoms with van der Waals surface area (Å²) < 4.78 is 32.9. The number of carbonyl (C=O) groups is 1. The SMILES string of the molecule is Cc1sc(C(=O)c2cncnc2N=C2CC[C@@H](COS(N)(=O)=O)C2)cc1C1OCCc2cccnc21. The van der Waals surface area contributed by atoms with Gasteiger partial charge in [0.05, 0.1) is 29.3 Å². The molecule has 4 heterocycles. The summed E-state index contributed by atoms with van der Waals surface area (Å²) in [5.74, 6) is 0.0718. The second-order valence-electron chi connectivity index (χ2n) is 8.82. The standard InChI is InChI=1S/C24H25N5O5S2/c1-14-18(23-21-16(6-8-33-23)3-2-7-27-21)10-20(35-14)22(30)19-11-26-13-28-24(19)29-17-5-4-15(9-17)12-34-36(25,31)32/h2-3,7,10-11,13,15,23H,4-6,8-9,12H2,1H3,(H2,25,31,32)/t15-,23?/m1/s1. The van der Waals surface area contributed by atoms with Crippen molar-refractivity contribution in [2.75, 3.05) is 13.2 Å². The monoisotopic (exact) mass is 527 g/mol. The number of carbonyl (C=O) groups excluding carboxylic acids is 1. The van der Waals surface area contributed by atoms with Crippen molar-refractivity contribution in [3.8, 4) is 0 Å². The van der Waals surface area contributed by atoms with Crippen molar-refractivity contribution in [1.82, 2.24) is 15.0 Å². The quantitative estimate of drug-likeness (QED) is 0.461. The number of hydrogen-bond acceptors (Lipinski definition) is 10. The number of hydrogen-bond donors (Lipinski definition) is 1. The van der Waals surface area contributed by atoms with E-state index in [1.165, 1.54) is 23.9 Å². The number of aromatic nitrogens is 3. The maximum atomic E-state index is 13.5. The average molecular weight is 528 g/mol. The van der Waals surface area contributed by atoms with Crippen LogP contribution in [-0.2, 0) is 25.6 Å². The molecule has 0 radical (unpaired) electrons. The molecule has 1 aliphatic heterocycles. The molecular weight excluding hydrogens is 502 g/mol. The second kappa shape index (κ2) is 10.2. The number of aryl methyl sites for hydroxylation is 1. The van der Waals surface area contributed by atoms with Crippen LogP contribution in [0.4, 0.5) is 5.82 Å². The van der Waals surface area contributed by atoms with Gasteiger partial charge in [-0.25, -0.2) is 20.1 Å². The molecule has 1 saturated carbocycles. The number of ketones is 1. The minimum Gasteiger partial charge on any atom is -0.367 e. The van der Waals surface area contributed by atoms with Gasteiger partial charge >= 0.3 is 10.3 Å². The third kappa shape index (κ3) is 5.42. The van der Waals surface area contributed by atoms with Crippen molar-refractivity contribution in [2.24, 2.45) is 16.0 Å². The molecule has 1 aliphatic carbocycles. The van der Waals surface area contributed by atoms with Crippen LogP contribution < -0.4 is 5.14 Å². The van der Waals surface area contributed by atoms with E-state index in [0.29, 0.717) is 42.1 Å². The van der Waals surface area contributed by atoms with E-state index in [9.17, 15) is 13.2 Å². The Hall–Kier alpha value is -2.90. The first-order valence-electron chi connectivity index (χ1n) is 11.5. The number of fused-ring (bicyclic) bond motifs is 1. The summed E-state index contributed by atoms with van der Waals surface area (Å²) in [5.41, 5.74) is 4.12. The van der Waals surface area contributed by atoms with Gasteiger partial charge in [0.2, 0.25) is 5.78 Å². The molecule has 2 aliphatic rings. The van der Waals surface area contributed by atoms with E-state index in [1.807, 2.05) is 19.1 Å². The molecule has 12 heteroatoms. The predicted molar refractivity (Wildman–Crippen MR) is 134 cm³/mol. The molecule has 3 aromatic rings. The minimum atomic E-state index is -3.98. The van der Waals surface area contributed by atoms with E-state index >= 15 is 0 Å². The van der Waals surface area contributed by atoms with Gasteiger partial charge in [-0.2, -0.15) is 8.42 Å². The van der Waals surface area contributed by atoms with Gasteiger partial charge in [-0.15, -0.1) is 11.3 Å². The van der Waals surface area contributed by atoms with Crippen molar-refractivity contribution in [2.45, 2.75) is 38.7 Å². The van der Waals surface area contributed by atoms with Crippen molar-refractivity contribution >= 4 is 39.0 Å². The lowest BCUT2D eigenvalue weighted by atomic mass is 9.98. The van der Waals surface area contributed by atoms with Crippen LogP contribution in [0.25, 0.3) is 0 Å². The van der Waals surface area contributed by atoms with Gasteiger partial charge in [0.15, 0.2) is 5.82 Å². The molecule has 0 saturated heterocycles. The topological polar surface area (TPSA) is 147 Å². The van der Waals surface area contributed by atoms with Crippen LogP contribution in [0.15, 0.2) is 41.9 Å². The van der Waals surface area contributed by atoms with Crippen LogP contribution in [0.3, 0.4) is 0 Å². The molecule has 5 rings (SSSR count). The largest absolute Gasteiger partial charge is 0.367 e. The first-order valence-corrected chi connectivity index (χ1v) is 13.8. The number of pyridine rings is 1. The minimum absolute atomic E-state index is 0.00584. The highest BCUT2D eigenvalue weighted by Gasteiger charge is 2.29. The van der Waals surface area contributed by atoms with Gasteiger partial charge in [-0.1, -0.05) is 6.07 Å². The van der Waals surface area contributed by atoms with E-state index in [1.54, 1.807) is 6.20 Å².